The summed E-state index contributed by atoms with van der Waals surface area (Å²) in [4.78, 5) is 2.44. The summed E-state index contributed by atoms with van der Waals surface area (Å²) in [6.45, 7) is 4.71. The van der Waals surface area contributed by atoms with Gasteiger partial charge in [0.05, 0.1) is 5.69 Å². The predicted octanol–water partition coefficient (Wildman–Crippen LogP) is 13.7. The van der Waals surface area contributed by atoms with Crippen molar-refractivity contribution in [3.63, 3.8) is 0 Å². The fourth-order valence-electron chi connectivity index (χ4n) is 8.51. The zero-order chi connectivity index (χ0) is 34.1. The molecule has 0 spiro atoms. The third-order valence-electron chi connectivity index (χ3n) is 11.1. The first-order valence-electron chi connectivity index (χ1n) is 18.0. The van der Waals surface area contributed by atoms with Crippen LogP contribution in [0.1, 0.15) is 42.7 Å². The van der Waals surface area contributed by atoms with Gasteiger partial charge in [0.1, 0.15) is 11.3 Å². The number of fused-ring (bicyclic) bond motifs is 7. The number of benzene rings is 7. The fourth-order valence-corrected chi connectivity index (χ4v) is 8.51. The lowest BCUT2D eigenvalue weighted by atomic mass is 9.82. The normalized spacial score (nSPS) is 14.0. The van der Waals surface area contributed by atoms with Crippen molar-refractivity contribution in [2.45, 2.75) is 32.1 Å². The number of rotatable bonds is 5. The Morgan fingerprint density at radius 1 is 0.549 bits per heavy atom. The Morgan fingerprint density at radius 3 is 2.14 bits per heavy atom. The van der Waals surface area contributed by atoms with Crippen LogP contribution in [-0.4, -0.2) is 0 Å². The second-order valence-electron chi connectivity index (χ2n) is 14.5. The van der Waals surface area contributed by atoms with Crippen LogP contribution in [0.4, 0.5) is 17.1 Å². The molecule has 1 heterocycles. The monoisotopic (exact) mass is 655 g/mol. The van der Waals surface area contributed by atoms with E-state index in [2.05, 4.69) is 183 Å². The lowest BCUT2D eigenvalue weighted by Crippen LogP contribution is -2.16. The molecule has 244 valence electrons. The largest absolute Gasteiger partial charge is 0.456 e. The van der Waals surface area contributed by atoms with E-state index in [1.54, 1.807) is 0 Å². The van der Waals surface area contributed by atoms with Gasteiger partial charge in [0.2, 0.25) is 0 Å². The molecular weight excluding hydrogens is 619 g/mol. The van der Waals surface area contributed by atoms with Crippen molar-refractivity contribution in [1.29, 1.82) is 0 Å². The van der Waals surface area contributed by atoms with E-state index in [-0.39, 0.29) is 5.41 Å². The summed E-state index contributed by atoms with van der Waals surface area (Å²) in [5, 5.41) is 3.72. The molecule has 0 bridgehead atoms. The number of hydrogen-bond donors (Lipinski definition) is 0. The van der Waals surface area contributed by atoms with Gasteiger partial charge in [-0.15, -0.1) is 0 Å². The van der Waals surface area contributed by atoms with E-state index in [9.17, 15) is 0 Å². The Labute approximate surface area is 298 Å². The third-order valence-corrected chi connectivity index (χ3v) is 11.1. The number of hydrogen-bond acceptors (Lipinski definition) is 2. The Balaban J connectivity index is 1.10. The van der Waals surface area contributed by atoms with Crippen LogP contribution < -0.4 is 4.90 Å². The highest BCUT2D eigenvalue weighted by molar-refractivity contribution is 6.01. The summed E-state index contributed by atoms with van der Waals surface area (Å²) in [7, 11) is 0. The Kier molecular flexibility index (Phi) is 6.69. The van der Waals surface area contributed by atoms with Crippen LogP contribution in [0, 0.1) is 0 Å². The topological polar surface area (TPSA) is 16.4 Å². The van der Waals surface area contributed by atoms with Crippen LogP contribution >= 0.6 is 0 Å². The van der Waals surface area contributed by atoms with E-state index in [0.29, 0.717) is 0 Å². The van der Waals surface area contributed by atoms with Gasteiger partial charge in [-0.05, 0) is 123 Å². The molecule has 0 amide bonds. The molecule has 2 aliphatic carbocycles. The van der Waals surface area contributed by atoms with Crippen molar-refractivity contribution in [3.05, 3.63) is 180 Å². The molecule has 2 nitrogen and oxygen atoms in total. The summed E-state index contributed by atoms with van der Waals surface area (Å²) in [5.74, 6) is 0.982. The van der Waals surface area contributed by atoms with Crippen LogP contribution in [0.25, 0.3) is 61.2 Å². The summed E-state index contributed by atoms with van der Waals surface area (Å²) in [6, 6.07) is 55.7. The van der Waals surface area contributed by atoms with E-state index in [1.165, 1.54) is 66.2 Å². The van der Waals surface area contributed by atoms with Gasteiger partial charge < -0.3 is 9.32 Å². The molecule has 0 atom stereocenters. The minimum absolute atomic E-state index is 0.0981. The number of aryl methyl sites for hydroxylation is 1. The molecule has 10 rings (SSSR count). The fraction of sp³-hybridized carbons (Fsp3) is 0.102. The van der Waals surface area contributed by atoms with Gasteiger partial charge in [-0.25, -0.2) is 0 Å². The molecule has 0 fully saturated rings. The van der Waals surface area contributed by atoms with Gasteiger partial charge in [-0.2, -0.15) is 0 Å². The standard InChI is InChI=1S/C49H37NO/c1-49(2)43-17-7-5-15-40(43)41-28-27-39(31-44(41)49)50(45-18-10-20-47-48(45)42-16-6-8-19-46(42)51-47)38-25-23-33(24-26-38)35-13-9-14-36(29-35)37-22-21-32-11-3-4-12-34(32)30-37/h3-5,7-15,17-31H,6,16H2,1-2H3. The number of furan rings is 1. The van der Waals surface area contributed by atoms with Gasteiger partial charge in [-0.1, -0.05) is 123 Å². The molecule has 7 aromatic carbocycles. The quantitative estimate of drug-likeness (QED) is 0.183. The van der Waals surface area contributed by atoms with Crippen LogP contribution in [0.3, 0.4) is 0 Å². The van der Waals surface area contributed by atoms with Gasteiger partial charge in [0.25, 0.3) is 0 Å². The average Bonchev–Trinajstić information content (AvgIpc) is 3.67. The highest BCUT2D eigenvalue weighted by Crippen LogP contribution is 2.51. The Hall–Kier alpha value is -6.12. The van der Waals surface area contributed by atoms with Crippen molar-refractivity contribution in [2.75, 3.05) is 4.90 Å². The molecule has 0 aliphatic heterocycles. The molecular formula is C49H37NO. The zero-order valence-electron chi connectivity index (χ0n) is 28.9. The van der Waals surface area contributed by atoms with E-state index < -0.39 is 0 Å². The van der Waals surface area contributed by atoms with Crippen LogP contribution in [0.15, 0.2) is 162 Å². The predicted molar refractivity (Wildman–Crippen MR) is 214 cm³/mol. The summed E-state index contributed by atoms with van der Waals surface area (Å²) in [6.07, 6.45) is 6.36. The molecule has 8 aromatic rings. The third kappa shape index (κ3) is 4.78. The first-order chi connectivity index (χ1) is 25.0. The van der Waals surface area contributed by atoms with E-state index >= 15 is 0 Å². The molecule has 2 aliphatic rings. The van der Waals surface area contributed by atoms with E-state index in [1.807, 2.05) is 0 Å². The van der Waals surface area contributed by atoms with Crippen molar-refractivity contribution >= 4 is 44.9 Å². The van der Waals surface area contributed by atoms with Crippen LogP contribution in [0.5, 0.6) is 0 Å². The van der Waals surface area contributed by atoms with E-state index in [4.69, 9.17) is 4.42 Å². The van der Waals surface area contributed by atoms with Crippen LogP contribution in [-0.2, 0) is 11.8 Å². The molecule has 2 heteroatoms. The number of allylic oxidation sites excluding steroid dienone is 1. The molecule has 1 aromatic heterocycles. The Bertz CT molecular complexity index is 2670. The number of nitrogens with zero attached hydrogens (tertiary/aromatic N) is 1. The summed E-state index contributed by atoms with van der Waals surface area (Å²) in [5.41, 5.74) is 15.8. The Morgan fingerprint density at radius 2 is 1.25 bits per heavy atom. The molecule has 0 N–H and O–H groups in total. The molecule has 0 unspecified atom stereocenters. The maximum Gasteiger partial charge on any atom is 0.137 e. The SMILES string of the molecule is CC1(C)c2ccccc2-c2ccc(N(c3ccc(-c4cccc(-c5ccc6ccccc6c5)c4)cc3)c3cccc4oc5c(c34)CCC=C5)cc21. The van der Waals surface area contributed by atoms with Crippen molar-refractivity contribution in [2.24, 2.45) is 0 Å². The number of anilines is 3. The molecule has 0 saturated heterocycles. The van der Waals surface area contributed by atoms with Crippen LogP contribution in [0.2, 0.25) is 0 Å². The summed E-state index contributed by atoms with van der Waals surface area (Å²) >= 11 is 0. The first-order valence-corrected chi connectivity index (χ1v) is 18.0. The zero-order valence-corrected chi connectivity index (χ0v) is 28.9. The maximum absolute atomic E-state index is 6.44. The smallest absolute Gasteiger partial charge is 0.137 e. The van der Waals surface area contributed by atoms with Crippen molar-refractivity contribution in [1.82, 2.24) is 0 Å². The lowest BCUT2D eigenvalue weighted by Gasteiger charge is -2.29. The second-order valence-corrected chi connectivity index (χ2v) is 14.5. The van der Waals surface area contributed by atoms with Gasteiger partial charge in [-0.3, -0.25) is 0 Å². The highest BCUT2D eigenvalue weighted by Gasteiger charge is 2.36. The van der Waals surface area contributed by atoms with Crippen molar-refractivity contribution in [3.8, 4) is 33.4 Å². The second kappa shape index (κ2) is 11.5. The minimum atomic E-state index is -0.0981. The maximum atomic E-state index is 6.44. The minimum Gasteiger partial charge on any atom is -0.456 e. The van der Waals surface area contributed by atoms with Gasteiger partial charge in [0, 0.05) is 27.7 Å². The van der Waals surface area contributed by atoms with Gasteiger partial charge in [0.15, 0.2) is 0 Å². The molecule has 0 saturated carbocycles. The lowest BCUT2D eigenvalue weighted by molar-refractivity contribution is 0.595. The van der Waals surface area contributed by atoms with E-state index in [0.717, 1.165) is 41.2 Å². The molecule has 0 radical (unpaired) electrons. The highest BCUT2D eigenvalue weighted by atomic mass is 16.3. The summed E-state index contributed by atoms with van der Waals surface area (Å²) < 4.78 is 6.44. The average molecular weight is 656 g/mol. The molecule has 51 heavy (non-hydrogen) atoms. The first kappa shape index (κ1) is 29.8. The van der Waals surface area contributed by atoms with Crippen molar-refractivity contribution < 1.29 is 4.42 Å². The van der Waals surface area contributed by atoms with Gasteiger partial charge >= 0.3 is 0 Å².